The van der Waals surface area contributed by atoms with Gasteiger partial charge < -0.3 is 35.3 Å². The Morgan fingerprint density at radius 3 is 1.06 bits per heavy atom. The van der Waals surface area contributed by atoms with Gasteiger partial charge in [-0.15, -0.1) is 0 Å². The topological polar surface area (TPSA) is 89.5 Å². The Kier molecular flexibility index (Phi) is 9.00. The van der Waals surface area contributed by atoms with Gasteiger partial charge in [0.25, 0.3) is 0 Å². The number of ether oxygens (including phenoxy) is 2. The van der Waals surface area contributed by atoms with E-state index in [-0.39, 0.29) is 0 Å². The normalized spacial score (nSPS) is 11.0. The molecule has 0 aliphatic carbocycles. The minimum absolute atomic E-state index is 0.429. The maximum absolute atomic E-state index is 6.78. The summed E-state index contributed by atoms with van der Waals surface area (Å²) in [6.45, 7) is 8.21. The van der Waals surface area contributed by atoms with E-state index in [2.05, 4.69) is 13.2 Å². The van der Waals surface area contributed by atoms with E-state index >= 15 is 0 Å². The van der Waals surface area contributed by atoms with Gasteiger partial charge in [0.1, 0.15) is 33.8 Å². The summed E-state index contributed by atoms with van der Waals surface area (Å²) in [5, 5.41) is 3.61. The average molecular weight is 727 g/mol. The highest BCUT2D eigenvalue weighted by atomic mass is 31.1. The first kappa shape index (κ1) is 33.0. The molecule has 0 spiro atoms. The van der Waals surface area contributed by atoms with Crippen LogP contribution in [0, 0.1) is 0 Å². The van der Waals surface area contributed by atoms with Crippen molar-refractivity contribution in [2.75, 3.05) is 14.2 Å². The zero-order valence-electron chi connectivity index (χ0n) is 28.3. The molecule has 8 nitrogen and oxygen atoms in total. The van der Waals surface area contributed by atoms with Gasteiger partial charge in [0.2, 0.25) is 0 Å². The molecule has 8 aromatic rings. The van der Waals surface area contributed by atoms with E-state index in [0.717, 1.165) is 21.5 Å². The molecule has 10 heteroatoms. The number of benzene rings is 6. The van der Waals surface area contributed by atoms with E-state index in [1.54, 1.807) is 26.4 Å². The van der Waals surface area contributed by atoms with Gasteiger partial charge in [-0.25, -0.2) is 0 Å². The fourth-order valence-electron chi connectivity index (χ4n) is 6.05. The van der Waals surface area contributed by atoms with Crippen molar-refractivity contribution in [1.29, 1.82) is 0 Å². The number of fused-ring (bicyclic) bond motifs is 6. The second-order valence-electron chi connectivity index (χ2n) is 11.6. The van der Waals surface area contributed by atoms with E-state index in [9.17, 15) is 0 Å². The van der Waals surface area contributed by atoms with Crippen molar-refractivity contribution in [3.8, 4) is 34.1 Å². The molecular weight excluding hydrogens is 694 g/mol. The third-order valence-electron chi connectivity index (χ3n) is 8.54. The van der Waals surface area contributed by atoms with E-state index < -0.39 is 16.5 Å². The Hall–Kier alpha value is -6.20. The van der Waals surface area contributed by atoms with Gasteiger partial charge in [0, 0.05) is 43.8 Å². The first-order valence-corrected chi connectivity index (χ1v) is 18.5. The molecule has 8 rings (SSSR count). The lowest BCUT2D eigenvalue weighted by Gasteiger charge is -2.18. The molecule has 2 aromatic heterocycles. The van der Waals surface area contributed by atoms with Crippen molar-refractivity contribution in [3.63, 3.8) is 0 Å². The summed E-state index contributed by atoms with van der Waals surface area (Å²) in [6.07, 6.45) is 3.39. The molecule has 52 heavy (non-hydrogen) atoms. The molecule has 2 heterocycles. The predicted octanol–water partition coefficient (Wildman–Crippen LogP) is 13.5. The zero-order valence-corrected chi connectivity index (χ0v) is 30.1. The summed E-state index contributed by atoms with van der Waals surface area (Å²) < 4.78 is 50.9. The molecule has 0 unspecified atom stereocenters. The molecule has 0 atom stereocenters. The van der Waals surface area contributed by atoms with Gasteiger partial charge in [0.05, 0.1) is 14.2 Å². The van der Waals surface area contributed by atoms with Crippen molar-refractivity contribution in [2.24, 2.45) is 0 Å². The van der Waals surface area contributed by atoms with E-state index in [1.807, 2.05) is 121 Å². The third-order valence-corrected chi connectivity index (χ3v) is 10.6. The van der Waals surface area contributed by atoms with Crippen LogP contribution in [0.1, 0.15) is 11.1 Å². The van der Waals surface area contributed by atoms with Crippen LogP contribution in [-0.2, 0) is 0 Å². The summed E-state index contributed by atoms with van der Waals surface area (Å²) >= 11 is 0. The molecule has 0 aliphatic heterocycles. The minimum atomic E-state index is -2.03. The molecule has 0 aliphatic rings. The van der Waals surface area contributed by atoms with Crippen LogP contribution in [0.4, 0.5) is 0 Å². The predicted molar refractivity (Wildman–Crippen MR) is 210 cm³/mol. The molecule has 0 amide bonds. The van der Waals surface area contributed by atoms with Crippen LogP contribution in [0.25, 0.3) is 67.2 Å². The maximum atomic E-state index is 6.78. The third kappa shape index (κ3) is 6.20. The van der Waals surface area contributed by atoms with Crippen LogP contribution in [0.15, 0.2) is 151 Å². The fourth-order valence-corrected chi connectivity index (χ4v) is 8.26. The smallest absolute Gasteiger partial charge is 0.453 e. The first-order chi connectivity index (χ1) is 25.6. The highest BCUT2D eigenvalue weighted by molar-refractivity contribution is 7.32. The molecule has 258 valence electrons. The van der Waals surface area contributed by atoms with Gasteiger partial charge in [-0.3, -0.25) is 0 Å². The summed E-state index contributed by atoms with van der Waals surface area (Å²) in [7, 11) is -0.848. The number of methoxy groups -OCH3 is 2. The molecule has 0 saturated heterocycles. The Labute approximate surface area is 301 Å². The fraction of sp³-hybridized carbons (Fsp3) is 0.0476. The monoisotopic (exact) mass is 726 g/mol. The number of hydrogen-bond acceptors (Lipinski definition) is 8. The van der Waals surface area contributed by atoms with Crippen LogP contribution < -0.4 is 18.5 Å². The Balaban J connectivity index is 1.38. The number of hydrogen-bond donors (Lipinski definition) is 0. The summed E-state index contributed by atoms with van der Waals surface area (Å²) in [5.74, 6) is 1.98. The van der Waals surface area contributed by atoms with Crippen molar-refractivity contribution >= 4 is 72.5 Å². The Morgan fingerprint density at radius 2 is 0.769 bits per heavy atom. The quantitative estimate of drug-likeness (QED) is 0.145. The molecule has 0 fully saturated rings. The second-order valence-corrected chi connectivity index (χ2v) is 13.6. The number of para-hydroxylation sites is 4. The zero-order chi connectivity index (χ0) is 35.6. The molecule has 0 N–H and O–H groups in total. The van der Waals surface area contributed by atoms with Gasteiger partial charge in [-0.2, -0.15) is 0 Å². The van der Waals surface area contributed by atoms with Crippen LogP contribution >= 0.6 is 16.5 Å². The Bertz CT molecular complexity index is 2430. The SMILES string of the molecule is C=Cc1cc(OC)cc(-c2cc(OC)cc(C=C)c2Op2oc3ccccc3c3ccccc3o2)c1Op1oc2ccccc2c2ccccc2o1. The van der Waals surface area contributed by atoms with E-state index in [4.69, 9.17) is 35.3 Å². The van der Waals surface area contributed by atoms with Gasteiger partial charge in [-0.1, -0.05) is 98.1 Å². The van der Waals surface area contributed by atoms with E-state index in [1.165, 1.54) is 0 Å². The van der Waals surface area contributed by atoms with Crippen LogP contribution in [-0.4, -0.2) is 14.2 Å². The standard InChI is InChI=1S/C42H32O8P2/c1-5-27-23-29(43-3)25-35(41(27)49-51-45-37-19-11-7-15-31(37)32-16-8-12-20-38(32)46-51)36-26-30(44-4)24-28(6-2)42(36)50-52-47-39-21-13-9-17-33(39)34-18-10-14-22-40(34)48-52/h5-26H,1-2H2,3-4H3. The van der Waals surface area contributed by atoms with Gasteiger partial charge >= 0.3 is 16.5 Å². The minimum Gasteiger partial charge on any atom is -0.497 e. The summed E-state index contributed by atoms with van der Waals surface area (Å²) in [4.78, 5) is 0. The largest absolute Gasteiger partial charge is 0.497 e. The molecule has 6 aromatic carbocycles. The summed E-state index contributed by atoms with van der Waals surface area (Å²) in [5.41, 5.74) is 5.02. The van der Waals surface area contributed by atoms with Gasteiger partial charge in [-0.05, 0) is 48.5 Å². The molecule has 0 bridgehead atoms. The average Bonchev–Trinajstić information content (AvgIpc) is 3.45. The molecular formula is C42H32O8P2. The molecule has 0 saturated carbocycles. The highest BCUT2D eigenvalue weighted by Gasteiger charge is 2.24. The second kappa shape index (κ2) is 14.2. The Morgan fingerprint density at radius 1 is 0.462 bits per heavy atom. The highest BCUT2D eigenvalue weighted by Crippen LogP contribution is 2.50. The van der Waals surface area contributed by atoms with Gasteiger partial charge in [0.15, 0.2) is 11.5 Å². The van der Waals surface area contributed by atoms with Crippen molar-refractivity contribution in [1.82, 2.24) is 0 Å². The summed E-state index contributed by atoms with van der Waals surface area (Å²) in [6, 6.07) is 38.5. The van der Waals surface area contributed by atoms with Crippen LogP contribution in [0.5, 0.6) is 23.0 Å². The van der Waals surface area contributed by atoms with Crippen molar-refractivity contribution in [3.05, 3.63) is 146 Å². The van der Waals surface area contributed by atoms with Crippen LogP contribution in [0.3, 0.4) is 0 Å². The lowest BCUT2D eigenvalue weighted by Crippen LogP contribution is -1.97. The maximum Gasteiger partial charge on any atom is 0.453 e. The lowest BCUT2D eigenvalue weighted by atomic mass is 9.97. The lowest BCUT2D eigenvalue weighted by molar-refractivity contribution is 0.412. The van der Waals surface area contributed by atoms with E-state index in [0.29, 0.717) is 67.6 Å². The van der Waals surface area contributed by atoms with Crippen LogP contribution in [0.2, 0.25) is 0 Å². The number of rotatable bonds is 9. The van der Waals surface area contributed by atoms with Crippen molar-refractivity contribution in [2.45, 2.75) is 0 Å². The van der Waals surface area contributed by atoms with Crippen molar-refractivity contribution < 1.29 is 35.3 Å². The molecule has 0 radical (unpaired) electrons. The first-order valence-electron chi connectivity index (χ1n) is 16.3.